The summed E-state index contributed by atoms with van der Waals surface area (Å²) in [5, 5.41) is 4.37. The lowest BCUT2D eigenvalue weighted by atomic mass is 9.97. The molecule has 0 bridgehead atoms. The highest BCUT2D eigenvalue weighted by Crippen LogP contribution is 2.30. The molecule has 1 aliphatic rings. The Morgan fingerprint density at radius 3 is 3.04 bits per heavy atom. The van der Waals surface area contributed by atoms with Gasteiger partial charge < -0.3 is 18.9 Å². The Kier molecular flexibility index (Phi) is 4.38. The van der Waals surface area contributed by atoms with Crippen LogP contribution in [0.5, 0.6) is 5.75 Å². The minimum absolute atomic E-state index is 0.0570. The number of aromatic nitrogens is 2. The van der Waals surface area contributed by atoms with Crippen molar-refractivity contribution in [2.45, 2.75) is 13.0 Å². The van der Waals surface area contributed by atoms with E-state index < -0.39 is 0 Å². The van der Waals surface area contributed by atoms with E-state index in [4.69, 9.17) is 25.6 Å². The predicted octanol–water partition coefficient (Wildman–Crippen LogP) is 2.08. The molecule has 1 aliphatic heterocycles. The summed E-state index contributed by atoms with van der Waals surface area (Å²) < 4.78 is 15.8. The summed E-state index contributed by atoms with van der Waals surface area (Å²) in [5.41, 5.74) is 0.901. The third-order valence-electron chi connectivity index (χ3n) is 3.46. The van der Waals surface area contributed by atoms with E-state index in [-0.39, 0.29) is 31.0 Å². The summed E-state index contributed by atoms with van der Waals surface area (Å²) >= 11 is 5.97. The molecule has 0 fully saturated rings. The van der Waals surface area contributed by atoms with Gasteiger partial charge in [-0.1, -0.05) is 11.6 Å². The van der Waals surface area contributed by atoms with Gasteiger partial charge >= 0.3 is 5.97 Å². The van der Waals surface area contributed by atoms with E-state index in [1.54, 1.807) is 37.2 Å². The first-order valence-corrected chi connectivity index (χ1v) is 7.48. The number of carbonyl (C=O) groups is 1. The maximum absolute atomic E-state index is 12.2. The highest BCUT2D eigenvalue weighted by atomic mass is 35.5. The molecule has 0 spiro atoms. The lowest BCUT2D eigenvalue weighted by Gasteiger charge is -2.23. The summed E-state index contributed by atoms with van der Waals surface area (Å²) in [4.78, 5) is 18.0. The van der Waals surface area contributed by atoms with E-state index in [9.17, 15) is 4.79 Å². The number of ether oxygens (including phenoxy) is 2. The van der Waals surface area contributed by atoms with Crippen LogP contribution in [0.1, 0.15) is 11.5 Å². The van der Waals surface area contributed by atoms with Crippen LogP contribution in [0.15, 0.2) is 22.7 Å². The van der Waals surface area contributed by atoms with E-state index in [0.717, 1.165) is 11.3 Å². The Morgan fingerprint density at radius 2 is 2.30 bits per heavy atom. The Hall–Kier alpha value is -2.28. The van der Waals surface area contributed by atoms with Crippen LogP contribution < -0.4 is 9.64 Å². The molecule has 23 heavy (non-hydrogen) atoms. The third kappa shape index (κ3) is 3.56. The van der Waals surface area contributed by atoms with Gasteiger partial charge in [0.05, 0.1) is 5.92 Å². The van der Waals surface area contributed by atoms with Gasteiger partial charge in [-0.2, -0.15) is 4.98 Å². The number of nitrogens with zero attached hydrogens (tertiary/aromatic N) is 3. The Morgan fingerprint density at radius 1 is 1.48 bits per heavy atom. The van der Waals surface area contributed by atoms with Gasteiger partial charge in [0, 0.05) is 19.1 Å². The molecule has 122 valence electrons. The summed E-state index contributed by atoms with van der Waals surface area (Å²) in [6.07, 6.45) is 0.529. The largest absolute Gasteiger partial charge is 0.492 e. The van der Waals surface area contributed by atoms with Gasteiger partial charge in [0.15, 0.2) is 6.61 Å². The van der Waals surface area contributed by atoms with Crippen LogP contribution in [0.3, 0.4) is 0 Å². The van der Waals surface area contributed by atoms with E-state index in [1.165, 1.54) is 0 Å². The molecule has 2 aromatic rings. The van der Waals surface area contributed by atoms with E-state index in [0.29, 0.717) is 17.4 Å². The van der Waals surface area contributed by atoms with Crippen molar-refractivity contribution in [3.8, 4) is 5.75 Å². The summed E-state index contributed by atoms with van der Waals surface area (Å²) in [6.45, 7) is 0.221. The minimum Gasteiger partial charge on any atom is -0.492 e. The van der Waals surface area contributed by atoms with Gasteiger partial charge in [-0.25, -0.2) is 0 Å². The van der Waals surface area contributed by atoms with Crippen LogP contribution >= 0.6 is 11.6 Å². The Balaban J connectivity index is 1.58. The third-order valence-corrected chi connectivity index (χ3v) is 3.69. The molecule has 0 amide bonds. The Bertz CT molecular complexity index is 716. The molecule has 0 N–H and O–H groups in total. The van der Waals surface area contributed by atoms with Crippen LogP contribution in [-0.4, -0.2) is 36.8 Å². The molecule has 0 saturated carbocycles. The topological polar surface area (TPSA) is 77.7 Å². The van der Waals surface area contributed by atoms with Crippen LogP contribution in [-0.2, 0) is 22.6 Å². The zero-order valence-electron chi connectivity index (χ0n) is 12.8. The first kappa shape index (κ1) is 15.6. The Labute approximate surface area is 138 Å². The van der Waals surface area contributed by atoms with Crippen molar-refractivity contribution < 1.29 is 18.8 Å². The quantitative estimate of drug-likeness (QED) is 0.790. The van der Waals surface area contributed by atoms with Crippen LogP contribution in [0.4, 0.5) is 5.95 Å². The second kappa shape index (κ2) is 6.45. The highest BCUT2D eigenvalue weighted by molar-refractivity contribution is 6.30. The molecule has 7 nitrogen and oxygen atoms in total. The lowest BCUT2D eigenvalue weighted by molar-refractivity contribution is -0.152. The van der Waals surface area contributed by atoms with Gasteiger partial charge in [-0.05, 0) is 35.3 Å². The fourth-order valence-electron chi connectivity index (χ4n) is 2.25. The molecule has 0 aliphatic carbocycles. The molecule has 8 heteroatoms. The number of fused-ring (bicyclic) bond motifs is 1. The number of halogens is 1. The molecular formula is C15H16ClN3O4. The summed E-state index contributed by atoms with van der Waals surface area (Å²) in [7, 11) is 3.59. The van der Waals surface area contributed by atoms with Crippen molar-refractivity contribution in [1.29, 1.82) is 0 Å². The van der Waals surface area contributed by atoms with E-state index >= 15 is 0 Å². The highest BCUT2D eigenvalue weighted by Gasteiger charge is 2.28. The fraction of sp³-hybridized carbons (Fsp3) is 0.400. The van der Waals surface area contributed by atoms with Gasteiger partial charge in [-0.3, -0.25) is 4.79 Å². The maximum atomic E-state index is 12.2. The standard InChI is InChI=1S/C15H16ClN3O4/c1-19(2)15-17-13(23-18-15)8-22-14(20)10-5-9-6-11(16)3-4-12(9)21-7-10/h3-4,6,10H,5,7-8H2,1-2H3/t10-/m0/s1. The number of carbonyl (C=O) groups excluding carboxylic acids is 1. The smallest absolute Gasteiger partial charge is 0.313 e. The molecule has 1 atom stereocenters. The fourth-order valence-corrected chi connectivity index (χ4v) is 2.45. The number of rotatable bonds is 4. The van der Waals surface area contributed by atoms with Gasteiger partial charge in [0.1, 0.15) is 12.4 Å². The van der Waals surface area contributed by atoms with Crippen LogP contribution in [0.25, 0.3) is 0 Å². The van der Waals surface area contributed by atoms with Crippen molar-refractivity contribution in [3.63, 3.8) is 0 Å². The second-order valence-corrected chi connectivity index (χ2v) is 5.89. The van der Waals surface area contributed by atoms with Crippen molar-refractivity contribution in [3.05, 3.63) is 34.7 Å². The van der Waals surface area contributed by atoms with Crippen molar-refractivity contribution in [1.82, 2.24) is 10.1 Å². The number of anilines is 1. The maximum Gasteiger partial charge on any atom is 0.313 e. The monoisotopic (exact) mass is 337 g/mol. The SMILES string of the molecule is CN(C)c1noc(COC(=O)[C@@H]2COc3ccc(Cl)cc3C2)n1. The summed E-state index contributed by atoms with van der Waals surface area (Å²) in [5.74, 6) is 0.700. The molecule has 1 aromatic carbocycles. The lowest BCUT2D eigenvalue weighted by Crippen LogP contribution is -2.29. The molecule has 1 aromatic heterocycles. The first-order valence-electron chi connectivity index (χ1n) is 7.10. The first-order chi connectivity index (χ1) is 11.0. The van der Waals surface area contributed by atoms with E-state index in [1.807, 2.05) is 0 Å². The predicted molar refractivity (Wildman–Crippen MR) is 82.6 cm³/mol. The van der Waals surface area contributed by atoms with Crippen molar-refractivity contribution >= 4 is 23.5 Å². The van der Waals surface area contributed by atoms with Crippen molar-refractivity contribution in [2.24, 2.45) is 5.92 Å². The van der Waals surface area contributed by atoms with Crippen LogP contribution in [0.2, 0.25) is 5.02 Å². The van der Waals surface area contributed by atoms with Crippen molar-refractivity contribution in [2.75, 3.05) is 25.6 Å². The summed E-state index contributed by atoms with van der Waals surface area (Å²) in [6, 6.07) is 5.37. The molecule has 2 heterocycles. The van der Waals surface area contributed by atoms with Gasteiger partial charge in [0.25, 0.3) is 11.8 Å². The average molecular weight is 338 g/mol. The molecule has 3 rings (SSSR count). The number of hydrogen-bond acceptors (Lipinski definition) is 7. The molecule has 0 unspecified atom stereocenters. The minimum atomic E-state index is -0.378. The number of esters is 1. The molecule has 0 radical (unpaired) electrons. The van der Waals surface area contributed by atoms with Gasteiger partial charge in [-0.15, -0.1) is 0 Å². The normalized spacial score (nSPS) is 16.4. The zero-order chi connectivity index (χ0) is 16.4. The number of hydrogen-bond donors (Lipinski definition) is 0. The average Bonchev–Trinajstić information content (AvgIpc) is 3.01. The van der Waals surface area contributed by atoms with Gasteiger partial charge in [0.2, 0.25) is 0 Å². The second-order valence-electron chi connectivity index (χ2n) is 5.45. The molecule has 0 saturated heterocycles. The van der Waals surface area contributed by atoms with Crippen LogP contribution in [0, 0.1) is 5.92 Å². The molecular weight excluding hydrogens is 322 g/mol. The van der Waals surface area contributed by atoms with E-state index in [2.05, 4.69) is 10.1 Å². The zero-order valence-corrected chi connectivity index (χ0v) is 13.5. The number of benzene rings is 1.